The van der Waals surface area contributed by atoms with Crippen LogP contribution in [0, 0.1) is 0 Å². The Kier molecular flexibility index (Phi) is 9.69. The van der Waals surface area contributed by atoms with Gasteiger partial charge in [0.05, 0.1) is 12.4 Å². The fourth-order valence-electron chi connectivity index (χ4n) is 1.30. The monoisotopic (exact) mass is 310 g/mol. The molecule has 0 radical (unpaired) electrons. The summed E-state index contributed by atoms with van der Waals surface area (Å²) in [6.07, 6.45) is 0. The van der Waals surface area contributed by atoms with Gasteiger partial charge in [-0.25, -0.2) is 0 Å². The number of Topliss-reactive ketones (excluding diaryl/α,β-unsaturated/α-hetero) is 1. The van der Waals surface area contributed by atoms with Crippen LogP contribution in [0.2, 0.25) is 0 Å². The van der Waals surface area contributed by atoms with E-state index in [0.717, 1.165) is 12.0 Å². The molecular weight excluding hydrogens is 295 g/mol. The maximum Gasteiger partial charge on any atom is 1.00 e. The minimum atomic E-state index is -1.39. The summed E-state index contributed by atoms with van der Waals surface area (Å²) in [7, 11) is 0. The number of carbonyl (C=O) groups is 1. The van der Waals surface area contributed by atoms with Crippen molar-refractivity contribution in [3.63, 3.8) is 0 Å². The van der Waals surface area contributed by atoms with Crippen molar-refractivity contribution < 1.29 is 58.8 Å². The van der Waals surface area contributed by atoms with Gasteiger partial charge in [-0.1, -0.05) is 0 Å². The minimum Gasteiger partial charge on any atom is -0.691 e. The molecule has 1 aromatic rings. The first-order valence-electron chi connectivity index (χ1n) is 5.53. The molecule has 20 heavy (non-hydrogen) atoms. The largest absolute Gasteiger partial charge is 1.00 e. The molecule has 0 aliphatic carbocycles. The molecular formula is C12H15NaO6S. The van der Waals surface area contributed by atoms with Gasteiger partial charge in [-0.15, -0.1) is 0 Å². The summed E-state index contributed by atoms with van der Waals surface area (Å²) >= 11 is 0.837. The SMILES string of the molecule is CC(C)(O)C(=O)c1ccc(OCCSOO[O-])cc1.[Na+]. The van der Waals surface area contributed by atoms with E-state index < -0.39 is 5.60 Å². The van der Waals surface area contributed by atoms with Crippen LogP contribution >= 0.6 is 12.0 Å². The van der Waals surface area contributed by atoms with Gasteiger partial charge >= 0.3 is 29.6 Å². The third kappa shape index (κ3) is 7.05. The van der Waals surface area contributed by atoms with E-state index >= 15 is 0 Å². The first-order chi connectivity index (χ1) is 8.95. The van der Waals surface area contributed by atoms with E-state index in [1.165, 1.54) is 13.8 Å². The van der Waals surface area contributed by atoms with Gasteiger partial charge in [0.15, 0.2) is 5.78 Å². The van der Waals surface area contributed by atoms with Crippen LogP contribution in [-0.2, 0) is 9.37 Å². The Bertz CT molecular complexity index is 403. The second-order valence-corrected chi connectivity index (χ2v) is 5.00. The van der Waals surface area contributed by atoms with E-state index in [2.05, 4.69) is 9.37 Å². The van der Waals surface area contributed by atoms with Crippen molar-refractivity contribution in [1.29, 1.82) is 0 Å². The first kappa shape index (κ1) is 19.9. The van der Waals surface area contributed by atoms with E-state index in [0.29, 0.717) is 23.7 Å². The second-order valence-electron chi connectivity index (χ2n) is 4.22. The van der Waals surface area contributed by atoms with Crippen molar-refractivity contribution in [2.45, 2.75) is 19.4 Å². The summed E-state index contributed by atoms with van der Waals surface area (Å²) in [5.74, 6) is 0.651. The average Bonchev–Trinajstić information content (AvgIpc) is 2.37. The number of rotatable bonds is 8. The summed E-state index contributed by atoms with van der Waals surface area (Å²) in [5.41, 5.74) is -0.980. The van der Waals surface area contributed by atoms with Gasteiger partial charge < -0.3 is 15.1 Å². The number of ether oxygens (including phenoxy) is 1. The molecule has 0 saturated carbocycles. The van der Waals surface area contributed by atoms with Gasteiger partial charge in [0, 0.05) is 17.6 Å². The minimum absolute atomic E-state index is 0. The van der Waals surface area contributed by atoms with Crippen LogP contribution in [0.4, 0.5) is 0 Å². The van der Waals surface area contributed by atoms with Gasteiger partial charge in [-0.05, 0) is 38.1 Å². The predicted molar refractivity (Wildman–Crippen MR) is 67.2 cm³/mol. The molecule has 1 N–H and O–H groups in total. The molecule has 0 fully saturated rings. The maximum atomic E-state index is 11.8. The molecule has 0 saturated heterocycles. The van der Waals surface area contributed by atoms with E-state index in [1.807, 2.05) is 0 Å². The quantitative estimate of drug-likeness (QED) is 0.147. The Morgan fingerprint density at radius 3 is 2.45 bits per heavy atom. The Hall–Kier alpha value is -0.120. The third-order valence-corrected chi connectivity index (χ3v) is 2.67. The van der Waals surface area contributed by atoms with E-state index in [9.17, 15) is 15.2 Å². The molecule has 0 heterocycles. The summed E-state index contributed by atoms with van der Waals surface area (Å²) in [6, 6.07) is 6.43. The third-order valence-electron chi connectivity index (χ3n) is 2.18. The predicted octanol–water partition coefficient (Wildman–Crippen LogP) is -2.11. The van der Waals surface area contributed by atoms with Crippen molar-refractivity contribution in [3.05, 3.63) is 29.8 Å². The number of benzene rings is 1. The van der Waals surface area contributed by atoms with Gasteiger partial charge in [-0.2, -0.15) is 4.33 Å². The van der Waals surface area contributed by atoms with E-state index in [4.69, 9.17) is 4.74 Å². The van der Waals surface area contributed by atoms with Crippen molar-refractivity contribution in [1.82, 2.24) is 0 Å². The normalized spacial score (nSPS) is 10.8. The number of ketones is 1. The number of hydrogen-bond acceptors (Lipinski definition) is 7. The number of aliphatic hydroxyl groups is 1. The smallest absolute Gasteiger partial charge is 0.691 e. The topological polar surface area (TPSA) is 88.1 Å². The Labute approximate surface area is 143 Å². The van der Waals surface area contributed by atoms with Gasteiger partial charge in [0.2, 0.25) is 0 Å². The van der Waals surface area contributed by atoms with Gasteiger partial charge in [0.25, 0.3) is 0 Å². The molecule has 6 nitrogen and oxygen atoms in total. The zero-order valence-corrected chi connectivity index (χ0v) is 14.4. The summed E-state index contributed by atoms with van der Waals surface area (Å²) in [6.45, 7) is 3.21. The Morgan fingerprint density at radius 1 is 1.35 bits per heavy atom. The molecule has 0 aliphatic rings. The molecule has 1 rings (SSSR count). The van der Waals surface area contributed by atoms with Crippen LogP contribution in [0.3, 0.4) is 0 Å². The van der Waals surface area contributed by atoms with Gasteiger partial charge in [0.1, 0.15) is 11.4 Å². The molecule has 0 spiro atoms. The summed E-state index contributed by atoms with van der Waals surface area (Å²) in [5, 5.41) is 22.3. The molecule has 0 bridgehead atoms. The standard InChI is InChI=1S/C12H16O6S.Na/c1-12(2,14)11(13)9-3-5-10(6-4-9)16-7-8-19-18-17-15;/h3-6,14-15H,7-8H2,1-2H3;/q;+1/p-1. The van der Waals surface area contributed by atoms with Crippen molar-refractivity contribution >= 4 is 17.8 Å². The van der Waals surface area contributed by atoms with Crippen molar-refractivity contribution in [3.8, 4) is 5.75 Å². The number of hydrogen-bond donors (Lipinski definition) is 1. The fraction of sp³-hybridized carbons (Fsp3) is 0.417. The van der Waals surface area contributed by atoms with Crippen molar-refractivity contribution in [2.24, 2.45) is 0 Å². The number of carbonyl (C=O) groups excluding carboxylic acids is 1. The van der Waals surface area contributed by atoms with Crippen molar-refractivity contribution in [2.75, 3.05) is 12.4 Å². The van der Waals surface area contributed by atoms with E-state index in [1.54, 1.807) is 24.3 Å². The van der Waals surface area contributed by atoms with Crippen LogP contribution in [0.1, 0.15) is 24.2 Å². The molecule has 0 aliphatic heterocycles. The zero-order chi connectivity index (χ0) is 14.3. The molecule has 0 atom stereocenters. The Morgan fingerprint density at radius 2 is 1.95 bits per heavy atom. The maximum absolute atomic E-state index is 11.8. The van der Waals surface area contributed by atoms with Crippen LogP contribution in [0.25, 0.3) is 0 Å². The van der Waals surface area contributed by atoms with Crippen LogP contribution < -0.4 is 39.6 Å². The summed E-state index contributed by atoms with van der Waals surface area (Å²) in [4.78, 5) is 11.8. The van der Waals surface area contributed by atoms with Crippen LogP contribution in [-0.4, -0.2) is 28.9 Å². The van der Waals surface area contributed by atoms with E-state index in [-0.39, 0.29) is 35.3 Å². The Balaban J connectivity index is 0.00000361. The van der Waals surface area contributed by atoms with Crippen LogP contribution in [0.5, 0.6) is 5.75 Å². The molecule has 8 heteroatoms. The molecule has 106 valence electrons. The molecule has 0 aromatic heterocycles. The molecule has 1 aromatic carbocycles. The average molecular weight is 310 g/mol. The first-order valence-corrected chi connectivity index (χ1v) is 6.44. The molecule has 0 amide bonds. The molecule has 0 unspecified atom stereocenters. The van der Waals surface area contributed by atoms with Gasteiger partial charge in [-0.3, -0.25) is 9.83 Å². The fourth-order valence-corrected chi connectivity index (χ4v) is 1.56. The summed E-state index contributed by atoms with van der Waals surface area (Å²) < 4.78 is 9.41. The second kappa shape index (κ2) is 9.75. The van der Waals surface area contributed by atoms with Crippen LogP contribution in [0.15, 0.2) is 24.3 Å². The zero-order valence-electron chi connectivity index (χ0n) is 11.6.